The maximum Gasteiger partial charge on any atom is 0.337 e. The number of carboxylic acids is 1. The summed E-state index contributed by atoms with van der Waals surface area (Å²) in [7, 11) is 0. The van der Waals surface area contributed by atoms with Gasteiger partial charge in [-0.3, -0.25) is 0 Å². The van der Waals surface area contributed by atoms with Crippen molar-refractivity contribution < 1.29 is 14.7 Å². The van der Waals surface area contributed by atoms with E-state index in [1.165, 1.54) is 12.1 Å². The molecule has 0 atom stereocenters. The van der Waals surface area contributed by atoms with E-state index in [0.29, 0.717) is 17.6 Å². The molecule has 0 aliphatic heterocycles. The van der Waals surface area contributed by atoms with Crippen molar-refractivity contribution in [2.24, 2.45) is 5.73 Å². The van der Waals surface area contributed by atoms with Crippen LogP contribution in [0.1, 0.15) is 10.4 Å². The van der Waals surface area contributed by atoms with Crippen LogP contribution in [0.5, 0.6) is 0 Å². The Kier molecular flexibility index (Phi) is 4.92. The second-order valence-corrected chi connectivity index (χ2v) is 4.08. The summed E-state index contributed by atoms with van der Waals surface area (Å²) in [5.41, 5.74) is 5.47. The van der Waals surface area contributed by atoms with Gasteiger partial charge in [0.05, 0.1) is 11.3 Å². The van der Waals surface area contributed by atoms with E-state index in [0.717, 1.165) is 0 Å². The summed E-state index contributed by atoms with van der Waals surface area (Å²) >= 11 is 3.16. The van der Waals surface area contributed by atoms with Crippen molar-refractivity contribution in [2.75, 3.05) is 18.4 Å². The number of hydrogen-bond donors (Lipinski definition) is 4. The molecule has 0 unspecified atom stereocenters. The zero-order valence-electron chi connectivity index (χ0n) is 8.87. The van der Waals surface area contributed by atoms with E-state index in [1.807, 2.05) is 0 Å². The molecular formula is C10H12BrN3O3. The fourth-order valence-electron chi connectivity index (χ4n) is 1.15. The molecule has 1 aromatic rings. The first-order valence-electron chi connectivity index (χ1n) is 4.82. The molecule has 92 valence electrons. The highest BCUT2D eigenvalue weighted by Crippen LogP contribution is 2.20. The summed E-state index contributed by atoms with van der Waals surface area (Å²) < 4.78 is 0.628. The van der Waals surface area contributed by atoms with Crippen molar-refractivity contribution in [3.05, 3.63) is 28.2 Å². The van der Waals surface area contributed by atoms with E-state index in [-0.39, 0.29) is 11.3 Å². The standard InChI is InChI=1S/C10H12BrN3O3/c11-6-1-2-8(7(5-6)9(15)16)14-10(17)13-4-3-12/h1-2,5H,3-4,12H2,(H,15,16)(H2,13,14,17). The number of nitrogens with two attached hydrogens (primary N) is 1. The van der Waals surface area contributed by atoms with Crippen LogP contribution in [0.2, 0.25) is 0 Å². The van der Waals surface area contributed by atoms with E-state index in [4.69, 9.17) is 10.8 Å². The minimum Gasteiger partial charge on any atom is -0.478 e. The number of carbonyl (C=O) groups excluding carboxylic acids is 1. The molecule has 0 bridgehead atoms. The number of amides is 2. The summed E-state index contributed by atoms with van der Waals surface area (Å²) in [6.07, 6.45) is 0. The lowest BCUT2D eigenvalue weighted by atomic mass is 10.2. The lowest BCUT2D eigenvalue weighted by molar-refractivity contribution is 0.0698. The van der Waals surface area contributed by atoms with Crippen LogP contribution in [0.3, 0.4) is 0 Å². The third kappa shape index (κ3) is 4.04. The fraction of sp³-hybridized carbons (Fsp3) is 0.200. The number of halogens is 1. The molecule has 0 heterocycles. The average Bonchev–Trinajstić information content (AvgIpc) is 2.28. The predicted octanol–water partition coefficient (Wildman–Crippen LogP) is 1.23. The summed E-state index contributed by atoms with van der Waals surface area (Å²) in [6.45, 7) is 0.643. The first kappa shape index (κ1) is 13.5. The second-order valence-electron chi connectivity index (χ2n) is 3.16. The predicted molar refractivity (Wildman–Crippen MR) is 67.2 cm³/mol. The van der Waals surface area contributed by atoms with Crippen LogP contribution >= 0.6 is 15.9 Å². The Morgan fingerprint density at radius 1 is 1.41 bits per heavy atom. The summed E-state index contributed by atoms with van der Waals surface area (Å²) in [4.78, 5) is 22.3. The Morgan fingerprint density at radius 2 is 2.12 bits per heavy atom. The first-order valence-corrected chi connectivity index (χ1v) is 5.61. The molecule has 1 rings (SSSR count). The first-order chi connectivity index (χ1) is 8.04. The summed E-state index contributed by atoms with van der Waals surface area (Å²) in [5, 5.41) is 13.9. The highest BCUT2D eigenvalue weighted by molar-refractivity contribution is 9.10. The molecular weight excluding hydrogens is 290 g/mol. The van der Waals surface area contributed by atoms with Gasteiger partial charge in [0.25, 0.3) is 0 Å². The Morgan fingerprint density at radius 3 is 2.71 bits per heavy atom. The van der Waals surface area contributed by atoms with Gasteiger partial charge in [-0.1, -0.05) is 15.9 Å². The van der Waals surface area contributed by atoms with Crippen molar-refractivity contribution in [1.29, 1.82) is 0 Å². The SMILES string of the molecule is NCCNC(=O)Nc1ccc(Br)cc1C(=O)O. The fourth-order valence-corrected chi connectivity index (χ4v) is 1.52. The zero-order valence-corrected chi connectivity index (χ0v) is 10.5. The molecule has 17 heavy (non-hydrogen) atoms. The van der Waals surface area contributed by atoms with Crippen LogP contribution in [0, 0.1) is 0 Å². The minimum atomic E-state index is -1.11. The summed E-state index contributed by atoms with van der Waals surface area (Å²) in [5.74, 6) is -1.11. The molecule has 7 heteroatoms. The van der Waals surface area contributed by atoms with Crippen LogP contribution in [-0.2, 0) is 0 Å². The van der Waals surface area contributed by atoms with Crippen LogP contribution in [0.15, 0.2) is 22.7 Å². The third-order valence-corrected chi connectivity index (χ3v) is 2.38. The monoisotopic (exact) mass is 301 g/mol. The number of rotatable bonds is 4. The van der Waals surface area contributed by atoms with Gasteiger partial charge in [-0.25, -0.2) is 9.59 Å². The number of anilines is 1. The van der Waals surface area contributed by atoms with E-state index >= 15 is 0 Å². The van der Waals surface area contributed by atoms with Gasteiger partial charge in [-0.2, -0.15) is 0 Å². The van der Waals surface area contributed by atoms with Gasteiger partial charge >= 0.3 is 12.0 Å². The highest BCUT2D eigenvalue weighted by Gasteiger charge is 2.12. The molecule has 0 spiro atoms. The van der Waals surface area contributed by atoms with Gasteiger partial charge in [0.1, 0.15) is 0 Å². The molecule has 0 aliphatic rings. The number of aromatic carboxylic acids is 1. The largest absolute Gasteiger partial charge is 0.478 e. The van der Waals surface area contributed by atoms with E-state index in [1.54, 1.807) is 6.07 Å². The maximum absolute atomic E-state index is 11.3. The van der Waals surface area contributed by atoms with Crippen LogP contribution in [0.25, 0.3) is 0 Å². The molecule has 5 N–H and O–H groups in total. The average molecular weight is 302 g/mol. The summed E-state index contributed by atoms with van der Waals surface area (Å²) in [6, 6.07) is 4.09. The Hall–Kier alpha value is -1.60. The smallest absolute Gasteiger partial charge is 0.337 e. The normalized spacial score (nSPS) is 9.76. The molecule has 6 nitrogen and oxygen atoms in total. The number of carbonyl (C=O) groups is 2. The van der Waals surface area contributed by atoms with Crippen LogP contribution < -0.4 is 16.4 Å². The Bertz CT molecular complexity index is 437. The number of carboxylic acid groups (broad SMARTS) is 1. The van der Waals surface area contributed by atoms with Gasteiger partial charge < -0.3 is 21.5 Å². The quantitative estimate of drug-likeness (QED) is 0.671. The van der Waals surface area contributed by atoms with Crippen LogP contribution in [0.4, 0.5) is 10.5 Å². The molecule has 0 radical (unpaired) electrons. The van der Waals surface area contributed by atoms with E-state index in [9.17, 15) is 9.59 Å². The lowest BCUT2D eigenvalue weighted by Crippen LogP contribution is -2.33. The van der Waals surface area contributed by atoms with Gasteiger partial charge in [0.15, 0.2) is 0 Å². The Balaban J connectivity index is 2.83. The van der Waals surface area contributed by atoms with Crippen molar-refractivity contribution in [3.8, 4) is 0 Å². The van der Waals surface area contributed by atoms with Gasteiger partial charge in [0.2, 0.25) is 0 Å². The second kappa shape index (κ2) is 6.21. The highest BCUT2D eigenvalue weighted by atomic mass is 79.9. The topological polar surface area (TPSA) is 104 Å². The number of hydrogen-bond acceptors (Lipinski definition) is 3. The van der Waals surface area contributed by atoms with Gasteiger partial charge in [0, 0.05) is 17.6 Å². The molecule has 0 aliphatic carbocycles. The number of nitrogens with one attached hydrogen (secondary N) is 2. The molecule has 0 fully saturated rings. The van der Waals surface area contributed by atoms with Crippen molar-refractivity contribution in [3.63, 3.8) is 0 Å². The van der Waals surface area contributed by atoms with Crippen molar-refractivity contribution >= 4 is 33.6 Å². The molecule has 0 aromatic heterocycles. The molecule has 0 saturated carbocycles. The number of urea groups is 1. The molecule has 1 aromatic carbocycles. The molecule has 0 saturated heterocycles. The van der Waals surface area contributed by atoms with Crippen molar-refractivity contribution in [1.82, 2.24) is 5.32 Å². The number of benzene rings is 1. The lowest BCUT2D eigenvalue weighted by Gasteiger charge is -2.09. The maximum atomic E-state index is 11.3. The third-order valence-electron chi connectivity index (χ3n) is 1.89. The molecule has 2 amide bonds. The Labute approximate surface area is 106 Å². The van der Waals surface area contributed by atoms with E-state index in [2.05, 4.69) is 26.6 Å². The van der Waals surface area contributed by atoms with Crippen LogP contribution in [-0.4, -0.2) is 30.2 Å². The zero-order chi connectivity index (χ0) is 12.8. The van der Waals surface area contributed by atoms with Gasteiger partial charge in [-0.05, 0) is 18.2 Å². The van der Waals surface area contributed by atoms with Gasteiger partial charge in [-0.15, -0.1) is 0 Å². The van der Waals surface area contributed by atoms with E-state index < -0.39 is 12.0 Å². The minimum absolute atomic E-state index is 0.0160. The van der Waals surface area contributed by atoms with Crippen molar-refractivity contribution in [2.45, 2.75) is 0 Å².